The van der Waals surface area contributed by atoms with Crippen molar-refractivity contribution in [1.29, 1.82) is 0 Å². The summed E-state index contributed by atoms with van der Waals surface area (Å²) in [6, 6.07) is 6.64. The van der Waals surface area contributed by atoms with E-state index in [4.69, 9.17) is 4.74 Å². The zero-order valence-electron chi connectivity index (χ0n) is 17.6. The molecule has 1 unspecified atom stereocenters. The van der Waals surface area contributed by atoms with E-state index in [0.29, 0.717) is 17.8 Å². The highest BCUT2D eigenvalue weighted by atomic mass is 16.6. The molecule has 1 aliphatic heterocycles. The number of nitrogens with zero attached hydrogens (tertiary/aromatic N) is 1. The maximum Gasteiger partial charge on any atom is 0.407 e. The van der Waals surface area contributed by atoms with Gasteiger partial charge in [-0.25, -0.2) is 9.59 Å². The topological polar surface area (TPSA) is 97.0 Å². The minimum atomic E-state index is -0.542. The Balaban J connectivity index is 1.86. The number of piperidine rings is 1. The lowest BCUT2D eigenvalue weighted by Crippen LogP contribution is -2.49. The van der Waals surface area contributed by atoms with Gasteiger partial charge in [-0.3, -0.25) is 9.69 Å². The molecule has 1 aromatic rings. The van der Waals surface area contributed by atoms with Gasteiger partial charge in [0, 0.05) is 18.3 Å². The minimum absolute atomic E-state index is 0.0868. The zero-order valence-corrected chi connectivity index (χ0v) is 17.6. The number of ether oxygens (including phenoxy) is 2. The number of esters is 1. The van der Waals surface area contributed by atoms with Crippen LogP contribution in [0.15, 0.2) is 24.3 Å². The predicted octanol–water partition coefficient (Wildman–Crippen LogP) is 2.79. The number of rotatable bonds is 6. The number of benzene rings is 1. The van der Waals surface area contributed by atoms with Gasteiger partial charge in [0.05, 0.1) is 19.2 Å². The molecule has 8 nitrogen and oxygen atoms in total. The van der Waals surface area contributed by atoms with Crippen LogP contribution in [0.4, 0.5) is 10.5 Å². The van der Waals surface area contributed by atoms with Crippen molar-refractivity contribution in [2.24, 2.45) is 0 Å². The van der Waals surface area contributed by atoms with Crippen molar-refractivity contribution in [3.05, 3.63) is 29.8 Å². The summed E-state index contributed by atoms with van der Waals surface area (Å²) in [5, 5.41) is 5.65. The number of carbonyl (C=O) groups is 3. The van der Waals surface area contributed by atoms with Crippen molar-refractivity contribution in [3.63, 3.8) is 0 Å². The molecule has 1 atom stereocenters. The smallest absolute Gasteiger partial charge is 0.407 e. The minimum Gasteiger partial charge on any atom is -0.465 e. The molecular weight excluding hydrogens is 374 g/mol. The van der Waals surface area contributed by atoms with Crippen LogP contribution in [0, 0.1) is 0 Å². The molecule has 0 aliphatic carbocycles. The lowest BCUT2D eigenvalue weighted by Gasteiger charge is -2.35. The largest absolute Gasteiger partial charge is 0.465 e. The third kappa shape index (κ3) is 7.73. The Morgan fingerprint density at radius 3 is 2.45 bits per heavy atom. The molecule has 1 aromatic carbocycles. The van der Waals surface area contributed by atoms with Crippen LogP contribution in [0.5, 0.6) is 0 Å². The molecule has 160 valence electrons. The molecule has 0 spiro atoms. The molecule has 8 heteroatoms. The third-order valence-corrected chi connectivity index (χ3v) is 4.57. The van der Waals surface area contributed by atoms with Gasteiger partial charge in [-0.05, 0) is 64.4 Å². The van der Waals surface area contributed by atoms with E-state index >= 15 is 0 Å². The molecule has 29 heavy (non-hydrogen) atoms. The first kappa shape index (κ1) is 22.7. The summed E-state index contributed by atoms with van der Waals surface area (Å²) in [5.41, 5.74) is 0.498. The second-order valence-corrected chi connectivity index (χ2v) is 8.12. The quantitative estimate of drug-likeness (QED) is 0.707. The molecule has 2 amide bonds. The van der Waals surface area contributed by atoms with Gasteiger partial charge < -0.3 is 20.1 Å². The van der Waals surface area contributed by atoms with Crippen LogP contribution in [-0.2, 0) is 14.3 Å². The van der Waals surface area contributed by atoms with E-state index in [1.54, 1.807) is 24.3 Å². The normalized spacial score (nSPS) is 17.3. The number of anilines is 1. The van der Waals surface area contributed by atoms with Gasteiger partial charge in [0.15, 0.2) is 0 Å². The first-order valence-electron chi connectivity index (χ1n) is 9.87. The Kier molecular flexibility index (Phi) is 8.01. The molecule has 1 saturated heterocycles. The molecule has 1 heterocycles. The summed E-state index contributed by atoms with van der Waals surface area (Å²) in [4.78, 5) is 37.9. The highest BCUT2D eigenvalue weighted by Gasteiger charge is 2.25. The molecule has 1 aliphatic rings. The second-order valence-electron chi connectivity index (χ2n) is 8.12. The summed E-state index contributed by atoms with van der Waals surface area (Å²) in [6.07, 6.45) is 2.55. The summed E-state index contributed by atoms with van der Waals surface area (Å²) >= 11 is 0. The van der Waals surface area contributed by atoms with Crippen LogP contribution in [0.2, 0.25) is 0 Å². The lowest BCUT2D eigenvalue weighted by molar-refractivity contribution is -0.118. The van der Waals surface area contributed by atoms with Crippen LogP contribution < -0.4 is 10.6 Å². The van der Waals surface area contributed by atoms with E-state index in [2.05, 4.69) is 20.3 Å². The summed E-state index contributed by atoms with van der Waals surface area (Å²) in [7, 11) is 1.32. The van der Waals surface area contributed by atoms with Crippen LogP contribution >= 0.6 is 0 Å². The number of alkyl carbamates (subject to hydrolysis) is 1. The van der Waals surface area contributed by atoms with Crippen molar-refractivity contribution < 1.29 is 23.9 Å². The van der Waals surface area contributed by atoms with Crippen LogP contribution in [-0.4, -0.2) is 61.3 Å². The van der Waals surface area contributed by atoms with E-state index < -0.39 is 17.7 Å². The SMILES string of the molecule is COC(=O)c1ccc(NC(=O)CN2CCCCC2CNC(=O)OC(C)(C)C)cc1. The average Bonchev–Trinajstić information content (AvgIpc) is 2.66. The van der Waals surface area contributed by atoms with E-state index in [1.807, 2.05) is 20.8 Å². The van der Waals surface area contributed by atoms with E-state index in [0.717, 1.165) is 25.8 Å². The number of methoxy groups -OCH3 is 1. The van der Waals surface area contributed by atoms with Gasteiger partial charge in [0.1, 0.15) is 5.60 Å². The van der Waals surface area contributed by atoms with Gasteiger partial charge in [-0.2, -0.15) is 0 Å². The first-order valence-corrected chi connectivity index (χ1v) is 9.87. The Labute approximate surface area is 171 Å². The van der Waals surface area contributed by atoms with Gasteiger partial charge >= 0.3 is 12.1 Å². The first-order chi connectivity index (χ1) is 13.7. The fraction of sp³-hybridized carbons (Fsp3) is 0.571. The number of likely N-dealkylation sites (tertiary alicyclic amines) is 1. The molecule has 0 radical (unpaired) electrons. The molecule has 2 rings (SSSR count). The number of carbonyl (C=O) groups excluding carboxylic acids is 3. The molecule has 0 saturated carbocycles. The van der Waals surface area contributed by atoms with E-state index in [-0.39, 0.29) is 18.5 Å². The molecule has 0 bridgehead atoms. The highest BCUT2D eigenvalue weighted by molar-refractivity contribution is 5.94. The predicted molar refractivity (Wildman–Crippen MR) is 110 cm³/mol. The molecule has 1 fully saturated rings. The van der Waals surface area contributed by atoms with Gasteiger partial charge in [-0.1, -0.05) is 6.42 Å². The Morgan fingerprint density at radius 1 is 1.14 bits per heavy atom. The highest BCUT2D eigenvalue weighted by Crippen LogP contribution is 2.17. The third-order valence-electron chi connectivity index (χ3n) is 4.57. The Hall–Kier alpha value is -2.61. The molecule has 0 aromatic heterocycles. The van der Waals surface area contributed by atoms with Gasteiger partial charge in [0.2, 0.25) is 5.91 Å². The van der Waals surface area contributed by atoms with Gasteiger partial charge in [0.25, 0.3) is 0 Å². The van der Waals surface area contributed by atoms with Crippen LogP contribution in [0.1, 0.15) is 50.4 Å². The van der Waals surface area contributed by atoms with Crippen LogP contribution in [0.3, 0.4) is 0 Å². The number of hydrogen-bond donors (Lipinski definition) is 2. The standard InChI is InChI=1S/C21H31N3O5/c1-21(2,3)29-20(27)22-13-17-7-5-6-12-24(17)14-18(25)23-16-10-8-15(9-11-16)19(26)28-4/h8-11,17H,5-7,12-14H2,1-4H3,(H,22,27)(H,23,25). The number of nitrogens with one attached hydrogen (secondary N) is 2. The maximum atomic E-state index is 12.5. The van der Waals surface area contributed by atoms with Crippen molar-refractivity contribution in [2.45, 2.75) is 51.7 Å². The van der Waals surface area contributed by atoms with Crippen LogP contribution in [0.25, 0.3) is 0 Å². The average molecular weight is 405 g/mol. The van der Waals surface area contributed by atoms with E-state index in [1.165, 1.54) is 7.11 Å². The van der Waals surface area contributed by atoms with Crippen molar-refractivity contribution in [1.82, 2.24) is 10.2 Å². The zero-order chi connectivity index (χ0) is 21.4. The van der Waals surface area contributed by atoms with Gasteiger partial charge in [-0.15, -0.1) is 0 Å². The number of hydrogen-bond acceptors (Lipinski definition) is 6. The fourth-order valence-corrected chi connectivity index (χ4v) is 3.21. The maximum absolute atomic E-state index is 12.5. The van der Waals surface area contributed by atoms with E-state index in [9.17, 15) is 14.4 Å². The number of amides is 2. The summed E-state index contributed by atoms with van der Waals surface area (Å²) in [6.45, 7) is 6.94. The van der Waals surface area contributed by atoms with Crippen molar-refractivity contribution in [3.8, 4) is 0 Å². The Morgan fingerprint density at radius 2 is 1.83 bits per heavy atom. The lowest BCUT2D eigenvalue weighted by atomic mass is 10.0. The van der Waals surface area contributed by atoms with Crippen molar-refractivity contribution >= 4 is 23.7 Å². The monoisotopic (exact) mass is 405 g/mol. The Bertz CT molecular complexity index is 712. The molecule has 2 N–H and O–H groups in total. The summed E-state index contributed by atoms with van der Waals surface area (Å²) < 4.78 is 9.94. The van der Waals surface area contributed by atoms with Crippen molar-refractivity contribution in [2.75, 3.05) is 32.1 Å². The second kappa shape index (κ2) is 10.2. The fourth-order valence-electron chi connectivity index (χ4n) is 3.21. The molecular formula is C21H31N3O5. The summed E-state index contributed by atoms with van der Waals surface area (Å²) in [5.74, 6) is -0.559.